The van der Waals surface area contributed by atoms with Gasteiger partial charge >= 0.3 is 0 Å². The van der Waals surface area contributed by atoms with Crippen LogP contribution in [0.15, 0.2) is 24.3 Å². The smallest absolute Gasteiger partial charge is 0.119 e. The fraction of sp³-hybridized carbons (Fsp3) is 0.714. The number of hydrogen-bond donors (Lipinski definition) is 0. The Balaban J connectivity index is 2.47. The van der Waals surface area contributed by atoms with Crippen LogP contribution >= 0.6 is 0 Å². The molecule has 0 aliphatic carbocycles. The Labute approximate surface area is 144 Å². The van der Waals surface area contributed by atoms with Gasteiger partial charge < -0.3 is 4.74 Å². The van der Waals surface area contributed by atoms with Gasteiger partial charge in [0.15, 0.2) is 0 Å². The van der Waals surface area contributed by atoms with E-state index in [1.165, 1.54) is 50.8 Å². The molecule has 0 N–H and O–H groups in total. The molecule has 0 aromatic heterocycles. The molecule has 0 radical (unpaired) electrons. The first-order chi connectivity index (χ1) is 11.0. The Kier molecular flexibility index (Phi) is 9.31. The van der Waals surface area contributed by atoms with Crippen molar-refractivity contribution in [1.29, 1.82) is 0 Å². The zero-order valence-electron chi connectivity index (χ0n) is 16.0. The fourth-order valence-corrected chi connectivity index (χ4v) is 3.03. The van der Waals surface area contributed by atoms with Crippen molar-refractivity contribution in [2.45, 2.75) is 72.1 Å². The number of rotatable bonds is 12. The van der Waals surface area contributed by atoms with Gasteiger partial charge in [-0.2, -0.15) is 0 Å². The lowest BCUT2D eigenvalue weighted by atomic mass is 9.80. The van der Waals surface area contributed by atoms with Gasteiger partial charge in [-0.3, -0.25) is 4.90 Å². The van der Waals surface area contributed by atoms with E-state index in [2.05, 4.69) is 63.8 Å². The summed E-state index contributed by atoms with van der Waals surface area (Å²) in [5.41, 5.74) is 1.67. The van der Waals surface area contributed by atoms with Crippen LogP contribution in [0.4, 0.5) is 0 Å². The lowest BCUT2D eigenvalue weighted by Crippen LogP contribution is -2.30. The van der Waals surface area contributed by atoms with Crippen LogP contribution in [0.1, 0.15) is 72.3 Å². The van der Waals surface area contributed by atoms with E-state index in [9.17, 15) is 0 Å². The second-order valence-electron chi connectivity index (χ2n) is 7.20. The second-order valence-corrected chi connectivity index (χ2v) is 7.20. The molecule has 0 saturated carbocycles. The van der Waals surface area contributed by atoms with Gasteiger partial charge in [0.05, 0.1) is 0 Å². The predicted molar refractivity (Wildman–Crippen MR) is 102 cm³/mol. The molecule has 23 heavy (non-hydrogen) atoms. The minimum absolute atomic E-state index is 0.258. The third kappa shape index (κ3) is 7.39. The maximum atomic E-state index is 5.94. The van der Waals surface area contributed by atoms with Gasteiger partial charge in [0.25, 0.3) is 0 Å². The van der Waals surface area contributed by atoms with Crippen LogP contribution in [0.25, 0.3) is 0 Å². The topological polar surface area (TPSA) is 12.5 Å². The minimum atomic E-state index is 0.258. The van der Waals surface area contributed by atoms with E-state index in [4.69, 9.17) is 4.74 Å². The third-order valence-corrected chi connectivity index (χ3v) is 4.55. The molecule has 0 fully saturated rings. The van der Waals surface area contributed by atoms with Crippen LogP contribution in [0.5, 0.6) is 5.75 Å². The van der Waals surface area contributed by atoms with Crippen molar-refractivity contribution >= 4 is 0 Å². The van der Waals surface area contributed by atoms with Crippen LogP contribution in [-0.4, -0.2) is 31.1 Å². The summed E-state index contributed by atoms with van der Waals surface area (Å²) in [5, 5.41) is 0. The molecule has 0 aliphatic rings. The molecule has 2 nitrogen and oxygen atoms in total. The maximum Gasteiger partial charge on any atom is 0.119 e. The average Bonchev–Trinajstić information content (AvgIpc) is 2.54. The molecule has 0 heterocycles. The highest BCUT2D eigenvalue weighted by Gasteiger charge is 2.19. The standard InChI is InChI=1S/C21H37NO/c1-6-9-14-21(4,5)19-10-12-20(13-11-19)23-18-17-22(15-7-2)16-8-3/h10-13H,6-9,14-18H2,1-5H3. The average molecular weight is 320 g/mol. The van der Waals surface area contributed by atoms with Crippen LogP contribution in [-0.2, 0) is 5.41 Å². The number of benzene rings is 1. The number of ether oxygens (including phenoxy) is 1. The molecule has 0 bridgehead atoms. The zero-order chi connectivity index (χ0) is 17.1. The molecule has 0 atom stereocenters. The van der Waals surface area contributed by atoms with Gasteiger partial charge in [0.2, 0.25) is 0 Å². The van der Waals surface area contributed by atoms with E-state index < -0.39 is 0 Å². The first kappa shape index (κ1) is 20.0. The lowest BCUT2D eigenvalue weighted by Gasteiger charge is -2.25. The minimum Gasteiger partial charge on any atom is -0.492 e. The summed E-state index contributed by atoms with van der Waals surface area (Å²) in [6, 6.07) is 8.74. The summed E-state index contributed by atoms with van der Waals surface area (Å²) >= 11 is 0. The van der Waals surface area contributed by atoms with Gasteiger partial charge in [-0.1, -0.05) is 59.6 Å². The summed E-state index contributed by atoms with van der Waals surface area (Å²) in [6.45, 7) is 15.5. The van der Waals surface area contributed by atoms with Crippen LogP contribution in [0.3, 0.4) is 0 Å². The first-order valence-electron chi connectivity index (χ1n) is 9.49. The van der Waals surface area contributed by atoms with Crippen LogP contribution < -0.4 is 4.74 Å². The predicted octanol–water partition coefficient (Wildman–Crippen LogP) is 5.66. The summed E-state index contributed by atoms with van der Waals surface area (Å²) in [4.78, 5) is 2.49. The van der Waals surface area contributed by atoms with Crippen molar-refractivity contribution in [2.24, 2.45) is 0 Å². The fourth-order valence-electron chi connectivity index (χ4n) is 3.03. The molecule has 0 spiro atoms. The molecule has 0 aliphatic heterocycles. The molecule has 1 aromatic carbocycles. The SMILES string of the molecule is CCCCC(C)(C)c1ccc(OCCN(CCC)CCC)cc1. The Bertz CT molecular complexity index is 404. The molecule has 1 rings (SSSR count). The number of nitrogens with zero attached hydrogens (tertiary/aromatic N) is 1. The van der Waals surface area contributed by atoms with Gasteiger partial charge in [-0.25, -0.2) is 0 Å². The largest absolute Gasteiger partial charge is 0.492 e. The zero-order valence-corrected chi connectivity index (χ0v) is 16.0. The van der Waals surface area contributed by atoms with E-state index in [1.54, 1.807) is 0 Å². The highest BCUT2D eigenvalue weighted by Crippen LogP contribution is 2.30. The highest BCUT2D eigenvalue weighted by molar-refractivity contribution is 5.31. The van der Waals surface area contributed by atoms with Crippen molar-refractivity contribution in [3.05, 3.63) is 29.8 Å². The molecule has 1 aromatic rings. The third-order valence-electron chi connectivity index (χ3n) is 4.55. The summed E-state index contributed by atoms with van der Waals surface area (Å²) in [7, 11) is 0. The molecule has 132 valence electrons. The van der Waals surface area contributed by atoms with Gasteiger partial charge in [-0.15, -0.1) is 0 Å². The van der Waals surface area contributed by atoms with Gasteiger partial charge in [0.1, 0.15) is 12.4 Å². The van der Waals surface area contributed by atoms with E-state index in [0.29, 0.717) is 0 Å². The summed E-state index contributed by atoms with van der Waals surface area (Å²) in [5.74, 6) is 0.994. The highest BCUT2D eigenvalue weighted by atomic mass is 16.5. The van der Waals surface area contributed by atoms with Crippen molar-refractivity contribution in [3.63, 3.8) is 0 Å². The monoisotopic (exact) mass is 319 g/mol. The molecule has 0 saturated heterocycles. The van der Waals surface area contributed by atoms with Gasteiger partial charge in [0, 0.05) is 6.54 Å². The Hall–Kier alpha value is -1.02. The molecule has 0 unspecified atom stereocenters. The summed E-state index contributed by atoms with van der Waals surface area (Å²) in [6.07, 6.45) is 6.21. The number of unbranched alkanes of at least 4 members (excludes halogenated alkanes) is 1. The van der Waals surface area contributed by atoms with Crippen molar-refractivity contribution in [2.75, 3.05) is 26.2 Å². The van der Waals surface area contributed by atoms with Crippen molar-refractivity contribution in [1.82, 2.24) is 4.90 Å². The quantitative estimate of drug-likeness (QED) is 0.493. The van der Waals surface area contributed by atoms with Gasteiger partial charge in [-0.05, 0) is 55.5 Å². The van der Waals surface area contributed by atoms with Crippen molar-refractivity contribution < 1.29 is 4.74 Å². The van der Waals surface area contributed by atoms with Crippen molar-refractivity contribution in [3.8, 4) is 5.75 Å². The Morgan fingerprint density at radius 2 is 1.48 bits per heavy atom. The Morgan fingerprint density at radius 3 is 2.00 bits per heavy atom. The van der Waals surface area contributed by atoms with E-state index >= 15 is 0 Å². The van der Waals surface area contributed by atoms with Crippen LogP contribution in [0, 0.1) is 0 Å². The molecular weight excluding hydrogens is 282 g/mol. The second kappa shape index (κ2) is 10.7. The lowest BCUT2D eigenvalue weighted by molar-refractivity contribution is 0.209. The van der Waals surface area contributed by atoms with Crippen LogP contribution in [0.2, 0.25) is 0 Å². The molecule has 2 heteroatoms. The Morgan fingerprint density at radius 1 is 0.870 bits per heavy atom. The number of hydrogen-bond acceptors (Lipinski definition) is 2. The summed E-state index contributed by atoms with van der Waals surface area (Å²) < 4.78 is 5.94. The van der Waals surface area contributed by atoms with E-state index in [1.807, 2.05) is 0 Å². The van der Waals surface area contributed by atoms with E-state index in [0.717, 1.165) is 18.9 Å². The van der Waals surface area contributed by atoms with E-state index in [-0.39, 0.29) is 5.41 Å². The normalized spacial score (nSPS) is 11.9. The maximum absolute atomic E-state index is 5.94. The molecule has 0 amide bonds. The first-order valence-corrected chi connectivity index (χ1v) is 9.49. The molecular formula is C21H37NO.